The Bertz CT molecular complexity index is 1000. The minimum atomic E-state index is -0.405. The Hall–Kier alpha value is -3.39. The minimum Gasteiger partial charge on any atom is -0.495 e. The van der Waals surface area contributed by atoms with Gasteiger partial charge in [0, 0.05) is 22.7 Å². The van der Waals surface area contributed by atoms with E-state index in [1.54, 1.807) is 30.3 Å². The molecule has 0 radical (unpaired) electrons. The van der Waals surface area contributed by atoms with Crippen LogP contribution in [0.4, 0.5) is 16.0 Å². The molecule has 0 bridgehead atoms. The smallest absolute Gasteiger partial charge is 0.247 e. The molecule has 0 atom stereocenters. The first-order chi connectivity index (χ1) is 13.5. The number of amides is 1. The van der Waals surface area contributed by atoms with Crippen molar-refractivity contribution in [2.24, 2.45) is 0 Å². The first-order valence-corrected chi connectivity index (χ1v) is 8.60. The van der Waals surface area contributed by atoms with Gasteiger partial charge >= 0.3 is 0 Å². The second-order valence-corrected chi connectivity index (χ2v) is 6.08. The maximum Gasteiger partial charge on any atom is 0.247 e. The molecule has 28 heavy (non-hydrogen) atoms. The van der Waals surface area contributed by atoms with E-state index < -0.39 is 5.82 Å². The molecule has 9 heteroatoms. The fourth-order valence-electron chi connectivity index (χ4n) is 2.47. The van der Waals surface area contributed by atoms with E-state index in [1.807, 2.05) is 0 Å². The van der Waals surface area contributed by atoms with Gasteiger partial charge in [-0.3, -0.25) is 4.79 Å². The summed E-state index contributed by atoms with van der Waals surface area (Å²) < 4.78 is 19.1. The molecule has 3 aromatic rings. The van der Waals surface area contributed by atoms with Crippen LogP contribution in [0.25, 0.3) is 11.4 Å². The van der Waals surface area contributed by atoms with Crippen molar-refractivity contribution in [1.29, 1.82) is 0 Å². The molecule has 0 aliphatic heterocycles. The lowest BCUT2D eigenvalue weighted by atomic mass is 10.1. The van der Waals surface area contributed by atoms with Crippen LogP contribution in [0.2, 0.25) is 5.02 Å². The Kier molecular flexibility index (Phi) is 5.90. The molecule has 7 nitrogen and oxygen atoms in total. The summed E-state index contributed by atoms with van der Waals surface area (Å²) in [5.74, 6) is 0.454. The zero-order valence-electron chi connectivity index (χ0n) is 14.9. The molecule has 0 spiro atoms. The molecule has 0 aliphatic carbocycles. The topological polar surface area (TPSA) is 91.9 Å². The average molecular weight is 402 g/mol. The van der Waals surface area contributed by atoms with Crippen LogP contribution < -0.4 is 15.4 Å². The summed E-state index contributed by atoms with van der Waals surface area (Å²) in [5.41, 5.74) is 1.44. The molecule has 3 N–H and O–H groups in total. The molecular formula is C19H17ClFN5O2. The second-order valence-electron chi connectivity index (χ2n) is 5.67. The number of benzene rings is 2. The molecule has 3 rings (SSSR count). The quantitative estimate of drug-likeness (QED) is 0.520. The highest BCUT2D eigenvalue weighted by Gasteiger charge is 2.12. The Balaban J connectivity index is 1.79. The highest BCUT2D eigenvalue weighted by molar-refractivity contribution is 6.31. The van der Waals surface area contributed by atoms with Crippen LogP contribution in [0.1, 0.15) is 5.56 Å². The van der Waals surface area contributed by atoms with Gasteiger partial charge in [-0.25, -0.2) is 9.49 Å². The number of methoxy groups -OCH3 is 1. The molecule has 0 aliphatic rings. The number of carbonyl (C=O) groups excluding carboxylic acids is 1. The number of nitrogens with zero attached hydrogens (tertiary/aromatic N) is 2. The fraction of sp³-hybridized carbons (Fsp3) is 0.105. The highest BCUT2D eigenvalue weighted by atomic mass is 35.5. The van der Waals surface area contributed by atoms with Gasteiger partial charge in [0.05, 0.1) is 12.8 Å². The first kappa shape index (κ1) is 19.4. The molecule has 0 fully saturated rings. The Labute approximate surface area is 165 Å². The van der Waals surface area contributed by atoms with Gasteiger partial charge in [0.15, 0.2) is 5.82 Å². The Morgan fingerprint density at radius 2 is 2.21 bits per heavy atom. The van der Waals surface area contributed by atoms with Crippen molar-refractivity contribution < 1.29 is 13.9 Å². The number of ether oxygens (including phenoxy) is 1. The standard InChI is InChI=1S/C19H17ClFN5O2/c1-3-17(27)23-15-9-11(7-8-16(15)28-2)18-24-19(26-25-18)22-10-12-13(20)5-4-6-14(12)21/h3-9H,1,10H2,2H3,(H,23,27)(H2,22,24,25,26). The van der Waals surface area contributed by atoms with Gasteiger partial charge in [0.1, 0.15) is 11.6 Å². The molecule has 0 saturated carbocycles. The van der Waals surface area contributed by atoms with Gasteiger partial charge < -0.3 is 15.4 Å². The summed E-state index contributed by atoms with van der Waals surface area (Å²) in [6.45, 7) is 3.57. The van der Waals surface area contributed by atoms with E-state index in [1.165, 1.54) is 13.2 Å². The van der Waals surface area contributed by atoms with Crippen molar-refractivity contribution in [3.05, 3.63) is 65.5 Å². The zero-order valence-corrected chi connectivity index (χ0v) is 15.7. The predicted molar refractivity (Wildman–Crippen MR) is 106 cm³/mol. The molecular weight excluding hydrogens is 385 g/mol. The number of halogens is 2. The van der Waals surface area contributed by atoms with E-state index in [-0.39, 0.29) is 12.5 Å². The lowest BCUT2D eigenvalue weighted by Crippen LogP contribution is -2.08. The number of rotatable bonds is 7. The zero-order chi connectivity index (χ0) is 20.1. The maximum absolute atomic E-state index is 13.8. The molecule has 0 unspecified atom stereocenters. The van der Waals surface area contributed by atoms with E-state index in [0.29, 0.717) is 39.4 Å². The van der Waals surface area contributed by atoms with Crippen LogP contribution in [0.5, 0.6) is 5.75 Å². The summed E-state index contributed by atoms with van der Waals surface area (Å²) >= 11 is 6.02. The summed E-state index contributed by atoms with van der Waals surface area (Å²) in [6, 6.07) is 9.62. The normalized spacial score (nSPS) is 10.4. The number of aromatic amines is 1. The largest absolute Gasteiger partial charge is 0.495 e. The maximum atomic E-state index is 13.8. The third-order valence-electron chi connectivity index (χ3n) is 3.88. The van der Waals surface area contributed by atoms with Gasteiger partial charge in [-0.1, -0.05) is 24.2 Å². The summed E-state index contributed by atoms with van der Waals surface area (Å²) in [7, 11) is 1.50. The summed E-state index contributed by atoms with van der Waals surface area (Å²) in [6.07, 6.45) is 1.16. The SMILES string of the molecule is C=CC(=O)Nc1cc(-c2n[nH]c(NCc3c(F)cccc3Cl)n2)ccc1OC. The molecule has 1 heterocycles. The van der Waals surface area contributed by atoms with Crippen LogP contribution in [-0.4, -0.2) is 28.2 Å². The van der Waals surface area contributed by atoms with Gasteiger partial charge in [0.25, 0.3) is 0 Å². The fourth-order valence-corrected chi connectivity index (χ4v) is 2.70. The van der Waals surface area contributed by atoms with E-state index >= 15 is 0 Å². The van der Waals surface area contributed by atoms with Gasteiger partial charge in [-0.2, -0.15) is 10.1 Å². The van der Waals surface area contributed by atoms with E-state index in [2.05, 4.69) is 32.4 Å². The highest BCUT2D eigenvalue weighted by Crippen LogP contribution is 2.29. The van der Waals surface area contributed by atoms with Crippen LogP contribution in [-0.2, 0) is 11.3 Å². The lowest BCUT2D eigenvalue weighted by molar-refractivity contribution is -0.111. The number of aromatic nitrogens is 3. The van der Waals surface area contributed by atoms with Gasteiger partial charge in [-0.15, -0.1) is 0 Å². The van der Waals surface area contributed by atoms with Crippen molar-refractivity contribution in [3.8, 4) is 17.1 Å². The second kappa shape index (κ2) is 8.53. The summed E-state index contributed by atoms with van der Waals surface area (Å²) in [5, 5.41) is 12.8. The first-order valence-electron chi connectivity index (χ1n) is 8.22. The van der Waals surface area contributed by atoms with Crippen molar-refractivity contribution in [1.82, 2.24) is 15.2 Å². The average Bonchev–Trinajstić information content (AvgIpc) is 3.16. The van der Waals surface area contributed by atoms with Gasteiger partial charge in [0.2, 0.25) is 11.9 Å². The minimum absolute atomic E-state index is 0.142. The molecule has 144 valence electrons. The number of hydrogen-bond donors (Lipinski definition) is 3. The molecule has 2 aromatic carbocycles. The van der Waals surface area contributed by atoms with E-state index in [4.69, 9.17) is 16.3 Å². The van der Waals surface area contributed by atoms with Crippen molar-refractivity contribution in [2.75, 3.05) is 17.7 Å². The number of hydrogen-bond acceptors (Lipinski definition) is 5. The van der Waals surface area contributed by atoms with Gasteiger partial charge in [-0.05, 0) is 36.4 Å². The number of nitrogens with one attached hydrogen (secondary N) is 3. The third kappa shape index (κ3) is 4.29. The van der Waals surface area contributed by atoms with Crippen molar-refractivity contribution in [3.63, 3.8) is 0 Å². The van der Waals surface area contributed by atoms with Crippen molar-refractivity contribution in [2.45, 2.75) is 6.54 Å². The van der Waals surface area contributed by atoms with Crippen LogP contribution in [0.15, 0.2) is 49.1 Å². The number of H-pyrrole nitrogens is 1. The van der Waals surface area contributed by atoms with E-state index in [9.17, 15) is 9.18 Å². The van der Waals surface area contributed by atoms with E-state index in [0.717, 1.165) is 6.08 Å². The molecule has 0 saturated heterocycles. The third-order valence-corrected chi connectivity index (χ3v) is 4.23. The predicted octanol–water partition coefficient (Wildman–Crippen LogP) is 4.01. The van der Waals surface area contributed by atoms with Crippen molar-refractivity contribution >= 4 is 29.1 Å². The van der Waals surface area contributed by atoms with Crippen LogP contribution in [0, 0.1) is 5.82 Å². The van der Waals surface area contributed by atoms with Crippen LogP contribution >= 0.6 is 11.6 Å². The molecule has 1 aromatic heterocycles. The Morgan fingerprint density at radius 3 is 2.93 bits per heavy atom. The lowest BCUT2D eigenvalue weighted by Gasteiger charge is -2.09. The Morgan fingerprint density at radius 1 is 1.39 bits per heavy atom. The monoisotopic (exact) mass is 401 g/mol. The number of carbonyl (C=O) groups is 1. The van der Waals surface area contributed by atoms with Crippen LogP contribution in [0.3, 0.4) is 0 Å². The number of anilines is 2. The summed E-state index contributed by atoms with van der Waals surface area (Å²) in [4.78, 5) is 15.9. The molecule has 1 amide bonds.